The van der Waals surface area contributed by atoms with Crippen molar-refractivity contribution in [1.82, 2.24) is 20.2 Å². The van der Waals surface area contributed by atoms with E-state index in [1.54, 1.807) is 11.3 Å². The first kappa shape index (κ1) is 42.5. The maximum atomic E-state index is 8.56. The van der Waals surface area contributed by atoms with Crippen molar-refractivity contribution in [2.75, 3.05) is 46.4 Å². The second-order valence-corrected chi connectivity index (χ2v) is 12.3. The van der Waals surface area contributed by atoms with Crippen LogP contribution in [-0.2, 0) is 15.0 Å². The Morgan fingerprint density at radius 3 is 2.13 bits per heavy atom. The van der Waals surface area contributed by atoms with Gasteiger partial charge < -0.3 is 30.5 Å². The number of β-amino-alcohol motifs (C(OH)–C–C–N with tert-alkyl or cyclic N) is 1. The third-order valence-electron chi connectivity index (χ3n) is 6.43. The van der Waals surface area contributed by atoms with Gasteiger partial charge in [-0.05, 0) is 60.7 Å². The number of ether oxygens (including phenoxy) is 1. The Morgan fingerprint density at radius 2 is 1.54 bits per heavy atom. The van der Waals surface area contributed by atoms with Crippen molar-refractivity contribution in [2.45, 2.75) is 60.3 Å². The van der Waals surface area contributed by atoms with Gasteiger partial charge in [0.25, 0.3) is 0 Å². The van der Waals surface area contributed by atoms with E-state index in [0.29, 0.717) is 12.5 Å². The fourth-order valence-corrected chi connectivity index (χ4v) is 4.99. The fraction of sp³-hybridized carbons (Fsp3) is 0.444. The molecule has 5 rings (SSSR count). The number of nitrogens with one attached hydrogen (secondary N) is 1. The SMILES string of the molecule is C=O.C=O.CCC.CN.Cc1nc2ccc(Oc3cc(-c4cccc(C(C)(C)C)c4)ccc3C)nc2s1.OCCN1CCNCC1. The molecule has 1 aliphatic rings. The molecule has 0 spiro atoms. The molecule has 4 aromatic rings. The quantitative estimate of drug-likeness (QED) is 0.219. The van der Waals surface area contributed by atoms with Crippen molar-refractivity contribution in [1.29, 1.82) is 0 Å². The van der Waals surface area contributed by atoms with Gasteiger partial charge in [0.15, 0.2) is 0 Å². The van der Waals surface area contributed by atoms with Gasteiger partial charge in [-0.1, -0.05) is 88.8 Å². The molecule has 3 heterocycles. The highest BCUT2D eigenvalue weighted by Gasteiger charge is 2.15. The third-order valence-corrected chi connectivity index (χ3v) is 7.31. The van der Waals surface area contributed by atoms with Gasteiger partial charge in [-0.3, -0.25) is 4.90 Å². The number of hydrogen-bond donors (Lipinski definition) is 3. The molecule has 1 fully saturated rings. The maximum absolute atomic E-state index is 8.56. The Hall–Kier alpha value is -3.54. The minimum Gasteiger partial charge on any atom is -0.439 e. The van der Waals surface area contributed by atoms with E-state index < -0.39 is 0 Å². The van der Waals surface area contributed by atoms with E-state index in [4.69, 9.17) is 19.4 Å². The van der Waals surface area contributed by atoms with Crippen molar-refractivity contribution in [3.8, 4) is 22.8 Å². The predicted molar refractivity (Wildman–Crippen MR) is 194 cm³/mol. The highest BCUT2D eigenvalue weighted by atomic mass is 32.1. The number of thiazole rings is 1. The molecule has 1 saturated heterocycles. The number of aryl methyl sites for hydroxylation is 2. The number of rotatable bonds is 5. The van der Waals surface area contributed by atoms with E-state index in [9.17, 15) is 0 Å². The summed E-state index contributed by atoms with van der Waals surface area (Å²) in [5, 5.41) is 12.8. The normalized spacial score (nSPS) is 12.2. The Kier molecular flexibility index (Phi) is 21.9. The van der Waals surface area contributed by atoms with Crippen LogP contribution >= 0.6 is 11.3 Å². The largest absolute Gasteiger partial charge is 0.439 e. The van der Waals surface area contributed by atoms with Gasteiger partial charge in [0.1, 0.15) is 29.7 Å². The minimum atomic E-state index is 0.117. The van der Waals surface area contributed by atoms with E-state index in [0.717, 1.165) is 65.0 Å². The summed E-state index contributed by atoms with van der Waals surface area (Å²) < 4.78 is 6.15. The van der Waals surface area contributed by atoms with Crippen LogP contribution in [0.3, 0.4) is 0 Å². The number of aliphatic hydroxyl groups is 1. The van der Waals surface area contributed by atoms with Crippen LogP contribution in [0.4, 0.5) is 0 Å². The number of nitrogens with zero attached hydrogens (tertiary/aromatic N) is 3. The van der Waals surface area contributed by atoms with Crippen LogP contribution < -0.4 is 15.8 Å². The van der Waals surface area contributed by atoms with Gasteiger partial charge in [-0.25, -0.2) is 9.97 Å². The molecule has 0 amide bonds. The van der Waals surface area contributed by atoms with E-state index in [-0.39, 0.29) is 5.41 Å². The summed E-state index contributed by atoms with van der Waals surface area (Å²) in [5.41, 5.74) is 10.3. The number of hydrogen-bond acceptors (Lipinski definition) is 10. The molecule has 0 unspecified atom stereocenters. The standard InChI is InChI=1S/C24H24N2OS.C6H14N2O.C3H8.CH5N.2CH2O/c1-15-9-10-18(17-7-6-8-19(13-17)24(3,4)5)14-21(15)27-22-12-11-20-23(26-22)28-16(2)25-20;9-6-5-8-3-1-7-2-4-8;1-3-2;3*1-2/h6-14H,1-5H3;7,9H,1-6H2;3H2,1-2H3;2H2,1H3;2*1H2. The maximum Gasteiger partial charge on any atom is 0.220 e. The number of carbonyl (C=O) groups is 2. The molecule has 2 aromatic heterocycles. The second-order valence-electron chi connectivity index (χ2n) is 11.1. The molecule has 9 nitrogen and oxygen atoms in total. The summed E-state index contributed by atoms with van der Waals surface area (Å²) in [7, 11) is 1.50. The van der Waals surface area contributed by atoms with E-state index in [1.165, 1.54) is 24.6 Å². The molecule has 2 aromatic carbocycles. The molecule has 254 valence electrons. The van der Waals surface area contributed by atoms with Gasteiger partial charge in [0, 0.05) is 38.8 Å². The van der Waals surface area contributed by atoms with E-state index >= 15 is 0 Å². The van der Waals surface area contributed by atoms with Crippen LogP contribution in [0.15, 0.2) is 54.6 Å². The lowest BCUT2D eigenvalue weighted by atomic mass is 9.85. The molecule has 0 saturated carbocycles. The highest BCUT2D eigenvalue weighted by Crippen LogP contribution is 2.33. The smallest absolute Gasteiger partial charge is 0.220 e. The molecular weight excluding hydrogens is 598 g/mol. The van der Waals surface area contributed by atoms with Gasteiger partial charge >= 0.3 is 0 Å². The zero-order valence-corrected chi connectivity index (χ0v) is 29.9. The Balaban J connectivity index is 0.000000936. The van der Waals surface area contributed by atoms with Crippen LogP contribution in [-0.4, -0.2) is 79.9 Å². The van der Waals surface area contributed by atoms with Crippen molar-refractivity contribution in [3.05, 3.63) is 70.7 Å². The zero-order chi connectivity index (χ0) is 35.1. The number of nitrogens with two attached hydrogens (primary N) is 1. The Labute approximate surface area is 280 Å². The van der Waals surface area contributed by atoms with Crippen LogP contribution in [0, 0.1) is 13.8 Å². The van der Waals surface area contributed by atoms with Crippen molar-refractivity contribution in [3.63, 3.8) is 0 Å². The van der Waals surface area contributed by atoms with Crippen molar-refractivity contribution in [2.24, 2.45) is 5.73 Å². The fourth-order valence-electron chi connectivity index (χ4n) is 4.21. The van der Waals surface area contributed by atoms with Gasteiger partial charge in [-0.2, -0.15) is 0 Å². The Morgan fingerprint density at radius 1 is 0.935 bits per heavy atom. The number of aromatic nitrogens is 2. The summed E-state index contributed by atoms with van der Waals surface area (Å²) in [4.78, 5) is 28.2. The van der Waals surface area contributed by atoms with E-state index in [2.05, 4.69) is 110 Å². The van der Waals surface area contributed by atoms with Crippen molar-refractivity contribution < 1.29 is 19.4 Å². The summed E-state index contributed by atoms with van der Waals surface area (Å²) in [6.45, 7) is 24.4. The third kappa shape index (κ3) is 14.7. The number of aliphatic hydroxyl groups excluding tert-OH is 1. The van der Waals surface area contributed by atoms with Gasteiger partial charge in [0.2, 0.25) is 5.88 Å². The molecule has 46 heavy (non-hydrogen) atoms. The first-order valence-corrected chi connectivity index (χ1v) is 16.3. The van der Waals surface area contributed by atoms with Gasteiger partial charge in [0.05, 0.1) is 11.6 Å². The van der Waals surface area contributed by atoms with E-state index in [1.807, 2.05) is 32.6 Å². The number of piperazine rings is 1. The Bertz CT molecular complexity index is 1380. The molecular formula is C36H55N5O4S. The van der Waals surface area contributed by atoms with Crippen LogP contribution in [0.2, 0.25) is 0 Å². The number of carbonyl (C=O) groups excluding carboxylic acids is 2. The van der Waals surface area contributed by atoms with Crippen LogP contribution in [0.25, 0.3) is 21.5 Å². The molecule has 0 atom stereocenters. The van der Waals surface area contributed by atoms with Gasteiger partial charge in [-0.15, -0.1) is 0 Å². The summed E-state index contributed by atoms with van der Waals surface area (Å²) >= 11 is 1.58. The monoisotopic (exact) mass is 653 g/mol. The highest BCUT2D eigenvalue weighted by molar-refractivity contribution is 7.18. The number of pyridine rings is 1. The summed E-state index contributed by atoms with van der Waals surface area (Å²) in [6, 6.07) is 18.9. The van der Waals surface area contributed by atoms with Crippen LogP contribution in [0.1, 0.15) is 57.2 Å². The zero-order valence-electron chi connectivity index (χ0n) is 29.1. The van der Waals surface area contributed by atoms with Crippen molar-refractivity contribution >= 4 is 35.3 Å². The first-order chi connectivity index (χ1) is 22.1. The predicted octanol–water partition coefficient (Wildman–Crippen LogP) is 6.57. The average Bonchev–Trinajstić information content (AvgIpc) is 3.45. The lowest BCUT2D eigenvalue weighted by Gasteiger charge is -2.25. The average molecular weight is 654 g/mol. The summed E-state index contributed by atoms with van der Waals surface area (Å²) in [5.74, 6) is 1.42. The lowest BCUT2D eigenvalue weighted by Crippen LogP contribution is -2.44. The lowest BCUT2D eigenvalue weighted by molar-refractivity contribution is -0.0987. The molecule has 1 aliphatic heterocycles. The van der Waals surface area contributed by atoms with Crippen LogP contribution in [0.5, 0.6) is 11.6 Å². The number of fused-ring (bicyclic) bond motifs is 1. The summed E-state index contributed by atoms with van der Waals surface area (Å²) in [6.07, 6.45) is 1.25. The second kappa shape index (κ2) is 23.7. The molecule has 10 heteroatoms. The molecule has 0 radical (unpaired) electrons. The molecule has 0 bridgehead atoms. The topological polar surface area (TPSA) is 131 Å². The number of benzene rings is 2. The first-order valence-electron chi connectivity index (χ1n) is 15.5. The minimum absolute atomic E-state index is 0.117. The molecule has 0 aliphatic carbocycles. The molecule has 4 N–H and O–H groups in total.